The van der Waals surface area contributed by atoms with Crippen LogP contribution in [0.3, 0.4) is 0 Å². The van der Waals surface area contributed by atoms with Gasteiger partial charge in [-0.1, -0.05) is 30.3 Å². The summed E-state index contributed by atoms with van der Waals surface area (Å²) in [6.07, 6.45) is 0. The fraction of sp³-hybridized carbons (Fsp3) is 0.409. The van der Waals surface area contributed by atoms with E-state index < -0.39 is 0 Å². The van der Waals surface area contributed by atoms with E-state index >= 15 is 0 Å². The van der Waals surface area contributed by atoms with Crippen molar-refractivity contribution in [1.82, 2.24) is 15.1 Å². The molecule has 0 aliphatic rings. The number of benzene rings is 2. The zero-order chi connectivity index (χ0) is 20.4. The minimum atomic E-state index is 0. The number of ether oxygens (including phenoxy) is 2. The number of guanidine groups is 1. The Bertz CT molecular complexity index is 768. The zero-order valence-electron chi connectivity index (χ0n) is 18.0. The van der Waals surface area contributed by atoms with Crippen LogP contribution in [0.4, 0.5) is 0 Å². The quantitative estimate of drug-likeness (QED) is 0.317. The second-order valence-corrected chi connectivity index (χ2v) is 6.87. The fourth-order valence-electron chi connectivity index (χ4n) is 2.82. The van der Waals surface area contributed by atoms with Crippen molar-refractivity contribution in [3.05, 3.63) is 59.7 Å². The lowest BCUT2D eigenvalue weighted by atomic mass is 10.2. The van der Waals surface area contributed by atoms with Gasteiger partial charge in [-0.25, -0.2) is 0 Å². The van der Waals surface area contributed by atoms with Gasteiger partial charge in [0.2, 0.25) is 0 Å². The van der Waals surface area contributed by atoms with Gasteiger partial charge in [0.1, 0.15) is 18.1 Å². The van der Waals surface area contributed by atoms with Crippen LogP contribution in [0.1, 0.15) is 11.1 Å². The lowest BCUT2D eigenvalue weighted by Crippen LogP contribution is -2.38. The van der Waals surface area contributed by atoms with Crippen molar-refractivity contribution in [2.45, 2.75) is 13.1 Å². The Hall–Kier alpha value is -2.00. The largest absolute Gasteiger partial charge is 0.496 e. The third kappa shape index (κ3) is 8.49. The molecule has 0 aromatic heterocycles. The second-order valence-electron chi connectivity index (χ2n) is 6.87. The third-order valence-electron chi connectivity index (χ3n) is 4.33. The lowest BCUT2D eigenvalue weighted by molar-refractivity contribution is 0.261. The predicted octanol–water partition coefficient (Wildman–Crippen LogP) is 3.46. The number of para-hydroxylation sites is 1. The minimum absolute atomic E-state index is 0. The van der Waals surface area contributed by atoms with Gasteiger partial charge in [0.25, 0.3) is 0 Å². The van der Waals surface area contributed by atoms with E-state index in [-0.39, 0.29) is 24.0 Å². The highest BCUT2D eigenvalue weighted by Gasteiger charge is 2.10. The maximum atomic E-state index is 5.82. The van der Waals surface area contributed by atoms with Crippen LogP contribution in [0.25, 0.3) is 0 Å². The van der Waals surface area contributed by atoms with Crippen LogP contribution in [-0.2, 0) is 13.1 Å². The van der Waals surface area contributed by atoms with Crippen molar-refractivity contribution in [1.29, 1.82) is 0 Å². The van der Waals surface area contributed by atoms with Crippen molar-refractivity contribution in [2.75, 3.05) is 48.5 Å². The Balaban J connectivity index is 0.00000420. The van der Waals surface area contributed by atoms with Crippen molar-refractivity contribution >= 4 is 29.9 Å². The molecule has 0 radical (unpaired) electrons. The number of halogens is 1. The SMILES string of the molecule is CN=C(NCc1cccc(OCCN(C)C)c1)N(C)Cc1ccccc1OC.I. The highest BCUT2D eigenvalue weighted by atomic mass is 127. The number of hydrogen-bond donors (Lipinski definition) is 1. The maximum absolute atomic E-state index is 5.82. The first-order valence-electron chi connectivity index (χ1n) is 9.43. The number of aliphatic imine (C=N–C) groups is 1. The molecule has 0 unspecified atom stereocenters. The molecule has 0 aliphatic carbocycles. The average Bonchev–Trinajstić information content (AvgIpc) is 2.69. The Morgan fingerprint density at radius 1 is 1.07 bits per heavy atom. The van der Waals surface area contributed by atoms with Crippen LogP contribution < -0.4 is 14.8 Å². The first-order chi connectivity index (χ1) is 13.5. The molecule has 2 aromatic carbocycles. The van der Waals surface area contributed by atoms with E-state index in [2.05, 4.69) is 38.3 Å². The molecule has 1 N–H and O–H groups in total. The summed E-state index contributed by atoms with van der Waals surface area (Å²) in [6.45, 7) is 2.95. The van der Waals surface area contributed by atoms with E-state index in [0.29, 0.717) is 19.7 Å². The molecular weight excluding hydrogens is 479 g/mol. The summed E-state index contributed by atoms with van der Waals surface area (Å²) in [6, 6.07) is 16.2. The van der Waals surface area contributed by atoms with E-state index in [1.165, 1.54) is 0 Å². The van der Waals surface area contributed by atoms with E-state index in [1.807, 2.05) is 51.5 Å². The molecule has 0 spiro atoms. The van der Waals surface area contributed by atoms with Gasteiger partial charge in [0.05, 0.1) is 7.11 Å². The number of hydrogen-bond acceptors (Lipinski definition) is 4. The molecule has 0 aliphatic heterocycles. The first-order valence-corrected chi connectivity index (χ1v) is 9.43. The normalized spacial score (nSPS) is 11.0. The first kappa shape index (κ1) is 25.0. The van der Waals surface area contributed by atoms with Gasteiger partial charge in [-0.3, -0.25) is 4.99 Å². The van der Waals surface area contributed by atoms with Gasteiger partial charge in [-0.15, -0.1) is 24.0 Å². The van der Waals surface area contributed by atoms with Gasteiger partial charge in [0.15, 0.2) is 5.96 Å². The van der Waals surface area contributed by atoms with E-state index in [9.17, 15) is 0 Å². The number of nitrogens with zero attached hydrogens (tertiary/aromatic N) is 3. The fourth-order valence-corrected chi connectivity index (χ4v) is 2.82. The van der Waals surface area contributed by atoms with E-state index in [4.69, 9.17) is 9.47 Å². The molecule has 160 valence electrons. The van der Waals surface area contributed by atoms with Crippen molar-refractivity contribution in [2.24, 2.45) is 4.99 Å². The van der Waals surface area contributed by atoms with Gasteiger partial charge >= 0.3 is 0 Å². The molecule has 0 bridgehead atoms. The number of likely N-dealkylation sites (N-methyl/N-ethyl adjacent to an activating group) is 1. The van der Waals surface area contributed by atoms with Crippen LogP contribution in [0.2, 0.25) is 0 Å². The molecular formula is C22H33IN4O2. The van der Waals surface area contributed by atoms with Crippen molar-refractivity contribution in [3.8, 4) is 11.5 Å². The molecule has 2 rings (SSSR count). The van der Waals surface area contributed by atoms with Crippen LogP contribution in [0.5, 0.6) is 11.5 Å². The molecule has 0 fully saturated rings. The summed E-state index contributed by atoms with van der Waals surface area (Å²) in [5.41, 5.74) is 2.26. The van der Waals surface area contributed by atoms with Crippen molar-refractivity contribution in [3.63, 3.8) is 0 Å². The van der Waals surface area contributed by atoms with E-state index in [1.54, 1.807) is 14.2 Å². The molecule has 29 heavy (non-hydrogen) atoms. The van der Waals surface area contributed by atoms with Crippen LogP contribution in [-0.4, -0.2) is 64.2 Å². The van der Waals surface area contributed by atoms with Gasteiger partial charge in [-0.05, 0) is 37.9 Å². The molecule has 0 saturated carbocycles. The lowest BCUT2D eigenvalue weighted by Gasteiger charge is -2.23. The van der Waals surface area contributed by atoms with Crippen LogP contribution >= 0.6 is 24.0 Å². The Morgan fingerprint density at radius 2 is 1.83 bits per heavy atom. The summed E-state index contributed by atoms with van der Waals surface area (Å²) in [5, 5.41) is 3.42. The Morgan fingerprint density at radius 3 is 2.52 bits per heavy atom. The zero-order valence-corrected chi connectivity index (χ0v) is 20.3. The summed E-state index contributed by atoms with van der Waals surface area (Å²) >= 11 is 0. The minimum Gasteiger partial charge on any atom is -0.496 e. The second kappa shape index (κ2) is 13.3. The average molecular weight is 512 g/mol. The highest BCUT2D eigenvalue weighted by molar-refractivity contribution is 14.0. The van der Waals surface area contributed by atoms with Gasteiger partial charge in [-0.2, -0.15) is 0 Å². The predicted molar refractivity (Wildman–Crippen MR) is 131 cm³/mol. The molecule has 6 nitrogen and oxygen atoms in total. The Kier molecular flexibility index (Phi) is 11.5. The van der Waals surface area contributed by atoms with Crippen LogP contribution in [0.15, 0.2) is 53.5 Å². The van der Waals surface area contributed by atoms with E-state index in [0.717, 1.165) is 35.1 Å². The Labute approximate surface area is 191 Å². The highest BCUT2D eigenvalue weighted by Crippen LogP contribution is 2.19. The topological polar surface area (TPSA) is 49.3 Å². The molecule has 2 aromatic rings. The van der Waals surface area contributed by atoms with Crippen molar-refractivity contribution < 1.29 is 9.47 Å². The monoisotopic (exact) mass is 512 g/mol. The maximum Gasteiger partial charge on any atom is 0.193 e. The molecule has 0 atom stereocenters. The van der Waals surface area contributed by atoms with Crippen LogP contribution in [0, 0.1) is 0 Å². The standard InChI is InChI=1S/C22H32N4O2.HI/c1-23-22(26(4)17-19-10-6-7-12-21(19)27-5)24-16-18-9-8-11-20(15-18)28-14-13-25(2)3;/h6-12,15H,13-14,16-17H2,1-5H3,(H,23,24);1H. The third-order valence-corrected chi connectivity index (χ3v) is 4.33. The number of nitrogens with one attached hydrogen (secondary N) is 1. The number of rotatable bonds is 9. The molecule has 0 amide bonds. The molecule has 7 heteroatoms. The number of methoxy groups -OCH3 is 1. The summed E-state index contributed by atoms with van der Waals surface area (Å²) < 4.78 is 11.3. The summed E-state index contributed by atoms with van der Waals surface area (Å²) in [5.74, 6) is 2.59. The van der Waals surface area contributed by atoms with Gasteiger partial charge in [0, 0.05) is 39.3 Å². The molecule has 0 heterocycles. The summed E-state index contributed by atoms with van der Waals surface area (Å²) in [4.78, 5) is 8.58. The van der Waals surface area contributed by atoms with Gasteiger partial charge < -0.3 is 24.6 Å². The molecule has 0 saturated heterocycles. The smallest absolute Gasteiger partial charge is 0.193 e. The summed E-state index contributed by atoms with van der Waals surface area (Å²) in [7, 11) is 9.58.